The Morgan fingerprint density at radius 1 is 0.750 bits per heavy atom. The standard InChI is InChI=1S/C12H10O4/c13-11(14)9-6-5-7-3-1-2-4-8(7)10(9)12(15)16/h1-6,13-16H. The van der Waals surface area contributed by atoms with Gasteiger partial charge in [0.1, 0.15) is 0 Å². The third kappa shape index (κ3) is 1.50. The summed E-state index contributed by atoms with van der Waals surface area (Å²) in [4.78, 5) is 0. The molecule has 16 heavy (non-hydrogen) atoms. The molecule has 0 radical (unpaired) electrons. The zero-order valence-electron chi connectivity index (χ0n) is 8.25. The van der Waals surface area contributed by atoms with Crippen LogP contribution in [0.2, 0.25) is 0 Å². The quantitative estimate of drug-likeness (QED) is 0.535. The number of aliphatic hydroxyl groups is 4. The molecule has 0 heterocycles. The molecule has 0 aliphatic carbocycles. The predicted octanol–water partition coefficient (Wildman–Crippen LogP) is 1.20. The molecule has 0 saturated heterocycles. The van der Waals surface area contributed by atoms with Gasteiger partial charge >= 0.3 is 0 Å². The van der Waals surface area contributed by atoms with E-state index < -0.39 is 11.9 Å². The van der Waals surface area contributed by atoms with Crippen LogP contribution in [-0.2, 0) is 0 Å². The van der Waals surface area contributed by atoms with Gasteiger partial charge in [-0.2, -0.15) is 0 Å². The van der Waals surface area contributed by atoms with Crippen molar-refractivity contribution in [1.29, 1.82) is 0 Å². The Labute approximate surface area is 90.6 Å². The van der Waals surface area contributed by atoms with Crippen molar-refractivity contribution in [3.63, 3.8) is 0 Å². The van der Waals surface area contributed by atoms with Gasteiger partial charge in [0, 0.05) is 0 Å². The van der Waals surface area contributed by atoms with E-state index in [0.717, 1.165) is 5.39 Å². The molecule has 0 fully saturated rings. The van der Waals surface area contributed by atoms with Crippen LogP contribution in [0, 0.1) is 0 Å². The van der Waals surface area contributed by atoms with Crippen molar-refractivity contribution in [3.05, 3.63) is 46.8 Å². The highest BCUT2D eigenvalue weighted by atomic mass is 16.5. The molecule has 2 aromatic rings. The third-order valence-corrected chi connectivity index (χ3v) is 2.39. The molecule has 4 heteroatoms. The van der Waals surface area contributed by atoms with E-state index in [4.69, 9.17) is 10.2 Å². The third-order valence-electron chi connectivity index (χ3n) is 2.39. The molecule has 82 valence electrons. The molecule has 0 unspecified atom stereocenters. The van der Waals surface area contributed by atoms with Crippen LogP contribution in [0.25, 0.3) is 22.7 Å². The van der Waals surface area contributed by atoms with E-state index in [1.165, 1.54) is 6.07 Å². The lowest BCUT2D eigenvalue weighted by Gasteiger charge is -2.00. The number of aliphatic hydroxyl groups excluding tert-OH is 2. The van der Waals surface area contributed by atoms with Gasteiger partial charge in [0.25, 0.3) is 11.9 Å². The van der Waals surface area contributed by atoms with Crippen molar-refractivity contribution in [2.75, 3.05) is 0 Å². The number of fused-ring (bicyclic) bond motifs is 1. The minimum absolute atomic E-state index is 0.0121. The van der Waals surface area contributed by atoms with Gasteiger partial charge in [-0.25, -0.2) is 0 Å². The molecule has 0 aliphatic heterocycles. The molecule has 0 spiro atoms. The van der Waals surface area contributed by atoms with Gasteiger partial charge in [0.15, 0.2) is 0 Å². The summed E-state index contributed by atoms with van der Waals surface area (Å²) in [5.41, 5.74) is 0. The minimum atomic E-state index is -0.943. The molecule has 0 amide bonds. The lowest BCUT2D eigenvalue weighted by Crippen LogP contribution is -2.30. The number of hydrogen-bond donors (Lipinski definition) is 4. The summed E-state index contributed by atoms with van der Waals surface area (Å²) in [6.45, 7) is 0. The second kappa shape index (κ2) is 3.66. The Bertz CT molecular complexity index is 650. The van der Waals surface area contributed by atoms with Crippen LogP contribution in [0.3, 0.4) is 0 Å². The first kappa shape index (κ1) is 10.2. The van der Waals surface area contributed by atoms with Gasteiger partial charge in [-0.1, -0.05) is 30.3 Å². The smallest absolute Gasteiger partial charge is 0.283 e. The zero-order valence-corrected chi connectivity index (χ0v) is 8.25. The van der Waals surface area contributed by atoms with Gasteiger partial charge in [-0.05, 0) is 16.8 Å². The van der Waals surface area contributed by atoms with Crippen molar-refractivity contribution in [2.45, 2.75) is 0 Å². The van der Waals surface area contributed by atoms with Gasteiger partial charge in [0.2, 0.25) is 0 Å². The summed E-state index contributed by atoms with van der Waals surface area (Å²) in [6, 6.07) is 10.1. The van der Waals surface area contributed by atoms with Crippen LogP contribution in [0.5, 0.6) is 0 Å². The average molecular weight is 218 g/mol. The molecule has 0 aromatic heterocycles. The van der Waals surface area contributed by atoms with E-state index in [2.05, 4.69) is 0 Å². The summed E-state index contributed by atoms with van der Waals surface area (Å²) >= 11 is 0. The Morgan fingerprint density at radius 2 is 1.44 bits per heavy atom. The summed E-state index contributed by atoms with van der Waals surface area (Å²) in [6.07, 6.45) is 0. The van der Waals surface area contributed by atoms with Crippen molar-refractivity contribution >= 4 is 22.7 Å². The van der Waals surface area contributed by atoms with E-state index in [-0.39, 0.29) is 10.4 Å². The van der Waals surface area contributed by atoms with Gasteiger partial charge < -0.3 is 20.4 Å². The molecule has 4 N–H and O–H groups in total. The van der Waals surface area contributed by atoms with E-state index in [1.54, 1.807) is 24.3 Å². The molecule has 0 atom stereocenters. The molecule has 4 nitrogen and oxygen atoms in total. The first-order valence-electron chi connectivity index (χ1n) is 4.63. The predicted molar refractivity (Wildman–Crippen MR) is 60.5 cm³/mol. The Morgan fingerprint density at radius 3 is 2.06 bits per heavy atom. The minimum Gasteiger partial charge on any atom is -0.481 e. The summed E-state index contributed by atoms with van der Waals surface area (Å²) in [5, 5.41) is 37.8. The highest BCUT2D eigenvalue weighted by molar-refractivity contribution is 5.84. The number of hydrogen-bond acceptors (Lipinski definition) is 4. The fourth-order valence-electron chi connectivity index (χ4n) is 1.70. The van der Waals surface area contributed by atoms with Crippen LogP contribution < -0.4 is 10.4 Å². The van der Waals surface area contributed by atoms with Crippen molar-refractivity contribution in [3.8, 4) is 0 Å². The fourth-order valence-corrected chi connectivity index (χ4v) is 1.70. The number of benzene rings is 2. The number of rotatable bonds is 0. The molecular weight excluding hydrogens is 208 g/mol. The Balaban J connectivity index is 3.18. The van der Waals surface area contributed by atoms with Crippen LogP contribution in [0.15, 0.2) is 36.4 Å². The molecule has 0 saturated carbocycles. The summed E-state index contributed by atoms with van der Waals surface area (Å²) < 4.78 is 0. The first-order chi connectivity index (χ1) is 7.61. The highest BCUT2D eigenvalue weighted by Crippen LogP contribution is 2.07. The molecule has 2 rings (SSSR count). The second-order valence-corrected chi connectivity index (χ2v) is 3.36. The highest BCUT2D eigenvalue weighted by Gasteiger charge is 2.03. The van der Waals surface area contributed by atoms with Crippen LogP contribution in [0.4, 0.5) is 0 Å². The maximum Gasteiger partial charge on any atom is 0.283 e. The van der Waals surface area contributed by atoms with Gasteiger partial charge in [-0.15, -0.1) is 0 Å². The SMILES string of the molecule is OC(O)=c1ccc2ccccc2c1=C(O)O. The molecule has 2 aromatic carbocycles. The van der Waals surface area contributed by atoms with E-state index in [1.807, 2.05) is 6.07 Å². The maximum absolute atomic E-state index is 9.19. The summed E-state index contributed by atoms with van der Waals surface area (Å²) in [7, 11) is 0. The maximum atomic E-state index is 9.19. The fraction of sp³-hybridized carbons (Fsp3) is 0. The largest absolute Gasteiger partial charge is 0.481 e. The normalized spacial score (nSPS) is 10.2. The van der Waals surface area contributed by atoms with E-state index in [0.29, 0.717) is 5.39 Å². The second-order valence-electron chi connectivity index (χ2n) is 3.36. The van der Waals surface area contributed by atoms with Crippen molar-refractivity contribution in [2.24, 2.45) is 0 Å². The molecule has 0 aliphatic rings. The lowest BCUT2D eigenvalue weighted by atomic mass is 10.1. The van der Waals surface area contributed by atoms with Crippen LogP contribution >= 0.6 is 0 Å². The monoisotopic (exact) mass is 218 g/mol. The summed E-state index contributed by atoms with van der Waals surface area (Å²) in [5.74, 6) is -1.88. The van der Waals surface area contributed by atoms with Crippen molar-refractivity contribution in [1.82, 2.24) is 0 Å². The Kier molecular flexibility index (Phi) is 2.32. The topological polar surface area (TPSA) is 80.9 Å². The van der Waals surface area contributed by atoms with Gasteiger partial charge in [0.05, 0.1) is 10.4 Å². The van der Waals surface area contributed by atoms with E-state index >= 15 is 0 Å². The van der Waals surface area contributed by atoms with Crippen LogP contribution in [-0.4, -0.2) is 20.4 Å². The van der Waals surface area contributed by atoms with Gasteiger partial charge in [-0.3, -0.25) is 0 Å². The lowest BCUT2D eigenvalue weighted by molar-refractivity contribution is 0.289. The van der Waals surface area contributed by atoms with Crippen LogP contribution in [0.1, 0.15) is 0 Å². The molecule has 0 bridgehead atoms. The Hall–Kier alpha value is -2.36. The van der Waals surface area contributed by atoms with E-state index in [9.17, 15) is 10.2 Å². The molecular formula is C12H10O4. The average Bonchev–Trinajstić information content (AvgIpc) is 2.27. The first-order valence-corrected chi connectivity index (χ1v) is 4.63. The zero-order chi connectivity index (χ0) is 11.7. The van der Waals surface area contributed by atoms with Crippen molar-refractivity contribution < 1.29 is 20.4 Å².